The molecule has 1 amide bonds. The number of carboxylic acids is 1. The SMILES string of the molecule is O=C(O)C1CC12CCN(C(=O)COc1ccc(-c3ccccc3)cc1Cl)CC2. The summed E-state index contributed by atoms with van der Waals surface area (Å²) in [4.78, 5) is 25.4. The molecule has 0 bridgehead atoms. The Bertz CT molecular complexity index is 891. The standard InChI is InChI=1S/C22H22ClNO4/c23-18-12-16(15-4-2-1-3-5-15)6-7-19(18)28-14-20(25)24-10-8-22(9-11-24)13-17(22)21(26)27/h1-7,12,17H,8-11,13-14H2,(H,26,27). The van der Waals surface area contributed by atoms with E-state index in [1.807, 2.05) is 42.5 Å². The van der Waals surface area contributed by atoms with Gasteiger partial charge < -0.3 is 14.7 Å². The van der Waals surface area contributed by atoms with E-state index in [-0.39, 0.29) is 23.8 Å². The highest BCUT2D eigenvalue weighted by Gasteiger charge is 2.59. The normalized spacial score (nSPS) is 20.0. The van der Waals surface area contributed by atoms with E-state index < -0.39 is 5.97 Å². The van der Waals surface area contributed by atoms with Crippen molar-refractivity contribution in [1.82, 2.24) is 4.90 Å². The summed E-state index contributed by atoms with van der Waals surface area (Å²) in [6, 6.07) is 15.4. The quantitative estimate of drug-likeness (QED) is 0.822. The molecule has 4 rings (SSSR count). The Morgan fingerprint density at radius 3 is 2.43 bits per heavy atom. The number of ether oxygens (including phenoxy) is 1. The van der Waals surface area contributed by atoms with E-state index in [9.17, 15) is 9.59 Å². The Hall–Kier alpha value is -2.53. The van der Waals surface area contributed by atoms with Gasteiger partial charge in [0.1, 0.15) is 5.75 Å². The van der Waals surface area contributed by atoms with Crippen LogP contribution in [0, 0.1) is 11.3 Å². The first-order valence-corrected chi connectivity index (χ1v) is 9.85. The summed E-state index contributed by atoms with van der Waals surface area (Å²) < 4.78 is 5.65. The second-order valence-corrected chi connectivity index (χ2v) is 8.05. The van der Waals surface area contributed by atoms with Crippen molar-refractivity contribution in [3.05, 3.63) is 53.6 Å². The number of likely N-dealkylation sites (tertiary alicyclic amines) is 1. The van der Waals surface area contributed by atoms with Crippen LogP contribution in [0.3, 0.4) is 0 Å². The van der Waals surface area contributed by atoms with E-state index in [0.717, 1.165) is 30.4 Å². The van der Waals surface area contributed by atoms with E-state index in [0.29, 0.717) is 23.9 Å². The van der Waals surface area contributed by atoms with Gasteiger partial charge in [0.15, 0.2) is 6.61 Å². The second-order valence-electron chi connectivity index (χ2n) is 7.64. The van der Waals surface area contributed by atoms with Crippen LogP contribution in [0.5, 0.6) is 5.75 Å². The molecule has 2 aromatic carbocycles. The van der Waals surface area contributed by atoms with Crippen LogP contribution in [-0.2, 0) is 9.59 Å². The first-order valence-electron chi connectivity index (χ1n) is 9.47. The summed E-state index contributed by atoms with van der Waals surface area (Å²) in [6.07, 6.45) is 2.24. The monoisotopic (exact) mass is 399 g/mol. The Labute approximate surface area is 168 Å². The van der Waals surface area contributed by atoms with Gasteiger partial charge in [0.2, 0.25) is 0 Å². The number of carbonyl (C=O) groups excluding carboxylic acids is 1. The maximum Gasteiger partial charge on any atom is 0.307 e. The third-order valence-corrected chi connectivity index (χ3v) is 6.29. The average Bonchev–Trinajstić information content (AvgIpc) is 3.41. The van der Waals surface area contributed by atoms with Gasteiger partial charge in [0.05, 0.1) is 10.9 Å². The molecule has 1 N–H and O–H groups in total. The molecule has 5 nitrogen and oxygen atoms in total. The van der Waals surface area contributed by atoms with Crippen LogP contribution in [0.25, 0.3) is 11.1 Å². The number of aliphatic carboxylic acids is 1. The lowest BCUT2D eigenvalue weighted by atomic mass is 9.91. The lowest BCUT2D eigenvalue weighted by Gasteiger charge is -2.32. The van der Waals surface area contributed by atoms with E-state index in [2.05, 4.69) is 0 Å². The highest BCUT2D eigenvalue weighted by atomic mass is 35.5. The minimum Gasteiger partial charge on any atom is -0.482 e. The van der Waals surface area contributed by atoms with Crippen molar-refractivity contribution in [2.75, 3.05) is 19.7 Å². The number of rotatable bonds is 5. The molecule has 1 aliphatic carbocycles. The largest absolute Gasteiger partial charge is 0.482 e. The minimum absolute atomic E-state index is 0.0697. The topological polar surface area (TPSA) is 66.8 Å². The lowest BCUT2D eigenvalue weighted by molar-refractivity contribution is -0.140. The van der Waals surface area contributed by atoms with Gasteiger partial charge in [-0.05, 0) is 47.9 Å². The van der Waals surface area contributed by atoms with Gasteiger partial charge in [-0.1, -0.05) is 48.0 Å². The third-order valence-electron chi connectivity index (χ3n) is 5.99. The van der Waals surface area contributed by atoms with E-state index >= 15 is 0 Å². The first-order chi connectivity index (χ1) is 13.5. The van der Waals surface area contributed by atoms with Gasteiger partial charge in [-0.3, -0.25) is 9.59 Å². The Kier molecular flexibility index (Phi) is 5.02. The van der Waals surface area contributed by atoms with Crippen LogP contribution in [0.15, 0.2) is 48.5 Å². The summed E-state index contributed by atoms with van der Waals surface area (Å²) in [5.74, 6) is -0.554. The summed E-state index contributed by atoms with van der Waals surface area (Å²) in [5.41, 5.74) is 1.97. The van der Waals surface area contributed by atoms with Crippen LogP contribution in [0.1, 0.15) is 19.3 Å². The fraction of sp³-hybridized carbons (Fsp3) is 0.364. The molecule has 1 aliphatic heterocycles. The van der Waals surface area contributed by atoms with Crippen molar-refractivity contribution in [3.63, 3.8) is 0 Å². The molecule has 1 atom stereocenters. The molecule has 1 spiro atoms. The zero-order valence-electron chi connectivity index (χ0n) is 15.4. The number of hydrogen-bond donors (Lipinski definition) is 1. The molecule has 6 heteroatoms. The molecule has 1 saturated heterocycles. The predicted molar refractivity (Wildman–Crippen MR) is 106 cm³/mol. The predicted octanol–water partition coefficient (Wildman–Crippen LogP) is 4.10. The summed E-state index contributed by atoms with van der Waals surface area (Å²) >= 11 is 6.33. The van der Waals surface area contributed by atoms with Crippen molar-refractivity contribution in [3.8, 4) is 16.9 Å². The fourth-order valence-electron chi connectivity index (χ4n) is 4.11. The van der Waals surface area contributed by atoms with Crippen LogP contribution < -0.4 is 4.74 Å². The molecule has 2 aromatic rings. The number of carbonyl (C=O) groups is 2. The molecule has 1 heterocycles. The van der Waals surface area contributed by atoms with Crippen LogP contribution >= 0.6 is 11.6 Å². The number of hydrogen-bond acceptors (Lipinski definition) is 3. The third kappa shape index (κ3) is 3.72. The maximum absolute atomic E-state index is 12.5. The molecule has 2 aliphatic rings. The number of carboxylic acid groups (broad SMARTS) is 1. The molecule has 0 radical (unpaired) electrons. The van der Waals surface area contributed by atoms with Crippen molar-refractivity contribution in [2.24, 2.45) is 11.3 Å². The fourth-order valence-corrected chi connectivity index (χ4v) is 4.34. The Morgan fingerprint density at radius 2 is 1.82 bits per heavy atom. The highest BCUT2D eigenvalue weighted by molar-refractivity contribution is 6.32. The van der Waals surface area contributed by atoms with Crippen LogP contribution in [-0.4, -0.2) is 41.6 Å². The van der Waals surface area contributed by atoms with Crippen molar-refractivity contribution in [1.29, 1.82) is 0 Å². The molecule has 2 fully saturated rings. The van der Waals surface area contributed by atoms with Crippen molar-refractivity contribution >= 4 is 23.5 Å². The maximum atomic E-state index is 12.5. The van der Waals surface area contributed by atoms with Gasteiger partial charge in [0.25, 0.3) is 5.91 Å². The molecule has 28 heavy (non-hydrogen) atoms. The van der Waals surface area contributed by atoms with Crippen molar-refractivity contribution in [2.45, 2.75) is 19.3 Å². The summed E-state index contributed by atoms with van der Waals surface area (Å²) in [6.45, 7) is 1.11. The molecule has 1 unspecified atom stereocenters. The number of amides is 1. The smallest absolute Gasteiger partial charge is 0.307 e. The molecule has 146 valence electrons. The van der Waals surface area contributed by atoms with Gasteiger partial charge in [-0.15, -0.1) is 0 Å². The van der Waals surface area contributed by atoms with Crippen molar-refractivity contribution < 1.29 is 19.4 Å². The number of piperidine rings is 1. The minimum atomic E-state index is -0.711. The Balaban J connectivity index is 1.31. The van der Waals surface area contributed by atoms with Gasteiger partial charge in [0, 0.05) is 13.1 Å². The van der Waals surface area contributed by atoms with Crippen LogP contribution in [0.2, 0.25) is 5.02 Å². The molecular formula is C22H22ClNO4. The number of halogens is 1. The highest BCUT2D eigenvalue weighted by Crippen LogP contribution is 2.59. The second kappa shape index (κ2) is 7.47. The van der Waals surface area contributed by atoms with E-state index in [1.54, 1.807) is 11.0 Å². The number of benzene rings is 2. The zero-order chi connectivity index (χ0) is 19.7. The van der Waals surface area contributed by atoms with Gasteiger partial charge >= 0.3 is 5.97 Å². The lowest BCUT2D eigenvalue weighted by Crippen LogP contribution is -2.42. The molecule has 1 saturated carbocycles. The Morgan fingerprint density at radius 1 is 1.11 bits per heavy atom. The first kappa shape index (κ1) is 18.8. The van der Waals surface area contributed by atoms with E-state index in [4.69, 9.17) is 21.4 Å². The average molecular weight is 400 g/mol. The van der Waals surface area contributed by atoms with E-state index in [1.165, 1.54) is 0 Å². The molecular weight excluding hydrogens is 378 g/mol. The van der Waals surface area contributed by atoms with Crippen LogP contribution in [0.4, 0.5) is 0 Å². The van der Waals surface area contributed by atoms with Gasteiger partial charge in [-0.25, -0.2) is 0 Å². The zero-order valence-corrected chi connectivity index (χ0v) is 16.2. The van der Waals surface area contributed by atoms with Gasteiger partial charge in [-0.2, -0.15) is 0 Å². The molecule has 0 aromatic heterocycles. The number of nitrogens with zero attached hydrogens (tertiary/aromatic N) is 1. The summed E-state index contributed by atoms with van der Waals surface area (Å²) in [7, 11) is 0. The summed E-state index contributed by atoms with van der Waals surface area (Å²) in [5, 5.41) is 9.63.